The molecule has 108 valence electrons. The van der Waals surface area contributed by atoms with E-state index in [9.17, 15) is 9.59 Å². The third-order valence-electron chi connectivity index (χ3n) is 3.82. The smallest absolute Gasteiger partial charge is 0.303 e. The van der Waals surface area contributed by atoms with Crippen LogP contribution in [0.15, 0.2) is 24.3 Å². The molecular formula is C16H21NO3. The van der Waals surface area contributed by atoms with Crippen LogP contribution in [-0.4, -0.2) is 23.0 Å². The maximum atomic E-state index is 12.4. The van der Waals surface area contributed by atoms with Crippen molar-refractivity contribution >= 4 is 17.6 Å². The van der Waals surface area contributed by atoms with Gasteiger partial charge in [-0.1, -0.05) is 18.2 Å². The van der Waals surface area contributed by atoms with Crippen molar-refractivity contribution in [3.8, 4) is 0 Å². The Balaban J connectivity index is 2.00. The zero-order valence-electron chi connectivity index (χ0n) is 11.8. The SMILES string of the molecule is CC1CCc2ccccc2N1C(=O)CCCCC(=O)O. The average Bonchev–Trinajstić information content (AvgIpc) is 2.43. The number of carboxylic acids is 1. The van der Waals surface area contributed by atoms with E-state index >= 15 is 0 Å². The molecule has 4 nitrogen and oxygen atoms in total. The molecule has 0 fully saturated rings. The van der Waals surface area contributed by atoms with Crippen molar-refractivity contribution in [3.63, 3.8) is 0 Å². The molecule has 20 heavy (non-hydrogen) atoms. The first kappa shape index (κ1) is 14.6. The molecule has 0 aliphatic carbocycles. The van der Waals surface area contributed by atoms with Crippen molar-refractivity contribution in [2.75, 3.05) is 4.90 Å². The van der Waals surface area contributed by atoms with E-state index in [0.717, 1.165) is 18.5 Å². The largest absolute Gasteiger partial charge is 0.481 e. The van der Waals surface area contributed by atoms with Gasteiger partial charge in [-0.05, 0) is 44.2 Å². The molecule has 1 aromatic carbocycles. The van der Waals surface area contributed by atoms with Gasteiger partial charge < -0.3 is 10.0 Å². The minimum atomic E-state index is -0.797. The number of aryl methyl sites for hydroxylation is 1. The number of hydrogen-bond donors (Lipinski definition) is 1. The third kappa shape index (κ3) is 3.38. The van der Waals surface area contributed by atoms with Gasteiger partial charge >= 0.3 is 5.97 Å². The Morgan fingerprint density at radius 3 is 2.70 bits per heavy atom. The van der Waals surface area contributed by atoms with Crippen molar-refractivity contribution in [1.82, 2.24) is 0 Å². The minimum Gasteiger partial charge on any atom is -0.481 e. The molecule has 1 heterocycles. The zero-order chi connectivity index (χ0) is 14.5. The number of amides is 1. The molecular weight excluding hydrogens is 254 g/mol. The number of rotatable bonds is 5. The fourth-order valence-corrected chi connectivity index (χ4v) is 2.74. The van der Waals surface area contributed by atoms with Crippen molar-refractivity contribution in [2.45, 2.75) is 51.5 Å². The Labute approximate surface area is 119 Å². The highest BCUT2D eigenvalue weighted by atomic mass is 16.4. The highest BCUT2D eigenvalue weighted by Gasteiger charge is 2.27. The number of nitrogens with zero attached hydrogens (tertiary/aromatic N) is 1. The van der Waals surface area contributed by atoms with Gasteiger partial charge in [0.1, 0.15) is 0 Å². The summed E-state index contributed by atoms with van der Waals surface area (Å²) in [5, 5.41) is 8.60. The lowest BCUT2D eigenvalue weighted by atomic mass is 9.96. The van der Waals surface area contributed by atoms with Crippen LogP contribution in [0.3, 0.4) is 0 Å². The Hall–Kier alpha value is -1.84. The maximum Gasteiger partial charge on any atom is 0.303 e. The monoisotopic (exact) mass is 275 g/mol. The maximum absolute atomic E-state index is 12.4. The molecule has 1 amide bonds. The summed E-state index contributed by atoms with van der Waals surface area (Å²) in [6.45, 7) is 2.07. The molecule has 1 N–H and O–H groups in total. The van der Waals surface area contributed by atoms with Crippen LogP contribution < -0.4 is 4.90 Å². The molecule has 0 saturated carbocycles. The number of unbranched alkanes of at least 4 members (excludes halogenated alkanes) is 1. The highest BCUT2D eigenvalue weighted by Crippen LogP contribution is 2.31. The Bertz CT molecular complexity index is 498. The molecule has 0 spiro atoms. The van der Waals surface area contributed by atoms with E-state index in [1.807, 2.05) is 23.1 Å². The number of carboxylic acid groups (broad SMARTS) is 1. The number of benzene rings is 1. The number of para-hydroxylation sites is 1. The fraction of sp³-hybridized carbons (Fsp3) is 0.500. The summed E-state index contributed by atoms with van der Waals surface area (Å²) in [6.07, 6.45) is 3.75. The summed E-state index contributed by atoms with van der Waals surface area (Å²) in [7, 11) is 0. The van der Waals surface area contributed by atoms with Crippen LogP contribution in [0.25, 0.3) is 0 Å². The standard InChI is InChI=1S/C16H21NO3/c1-12-10-11-13-6-2-3-7-14(13)17(12)15(18)8-4-5-9-16(19)20/h2-3,6-7,12H,4-5,8-11H2,1H3,(H,19,20). The van der Waals surface area contributed by atoms with Gasteiger partial charge in [0.2, 0.25) is 5.91 Å². The van der Waals surface area contributed by atoms with Gasteiger partial charge in [-0.3, -0.25) is 9.59 Å². The molecule has 0 bridgehead atoms. The van der Waals surface area contributed by atoms with Crippen LogP contribution in [0.1, 0.15) is 44.6 Å². The Morgan fingerprint density at radius 2 is 1.95 bits per heavy atom. The highest BCUT2D eigenvalue weighted by molar-refractivity contribution is 5.95. The lowest BCUT2D eigenvalue weighted by Gasteiger charge is -2.35. The number of aliphatic carboxylic acids is 1. The van der Waals surface area contributed by atoms with Crippen LogP contribution in [0, 0.1) is 0 Å². The first-order valence-corrected chi connectivity index (χ1v) is 7.21. The van der Waals surface area contributed by atoms with E-state index in [4.69, 9.17) is 5.11 Å². The van der Waals surface area contributed by atoms with E-state index in [0.29, 0.717) is 19.3 Å². The molecule has 0 radical (unpaired) electrons. The summed E-state index contributed by atoms with van der Waals surface area (Å²) in [5.74, 6) is -0.691. The number of carbonyl (C=O) groups is 2. The molecule has 1 atom stereocenters. The van der Waals surface area contributed by atoms with Gasteiger partial charge in [-0.25, -0.2) is 0 Å². The van der Waals surface area contributed by atoms with Crippen molar-refractivity contribution in [3.05, 3.63) is 29.8 Å². The predicted molar refractivity (Wildman–Crippen MR) is 77.8 cm³/mol. The molecule has 0 saturated heterocycles. The van der Waals surface area contributed by atoms with Gasteiger partial charge in [0.25, 0.3) is 0 Å². The van der Waals surface area contributed by atoms with Crippen LogP contribution >= 0.6 is 0 Å². The van der Waals surface area contributed by atoms with E-state index < -0.39 is 5.97 Å². The van der Waals surface area contributed by atoms with E-state index in [2.05, 4.69) is 13.0 Å². The topological polar surface area (TPSA) is 57.6 Å². The van der Waals surface area contributed by atoms with Gasteiger partial charge in [-0.15, -0.1) is 0 Å². The van der Waals surface area contributed by atoms with Crippen molar-refractivity contribution in [2.24, 2.45) is 0 Å². The third-order valence-corrected chi connectivity index (χ3v) is 3.82. The molecule has 1 unspecified atom stereocenters. The number of hydrogen-bond acceptors (Lipinski definition) is 2. The lowest BCUT2D eigenvalue weighted by molar-refractivity contribution is -0.137. The predicted octanol–water partition coefficient (Wildman–Crippen LogP) is 3.00. The van der Waals surface area contributed by atoms with Gasteiger partial charge in [-0.2, -0.15) is 0 Å². The van der Waals surface area contributed by atoms with Gasteiger partial charge in [0, 0.05) is 24.6 Å². The molecule has 1 aliphatic heterocycles. The molecule has 0 aromatic heterocycles. The molecule has 2 rings (SSSR count). The summed E-state index contributed by atoms with van der Waals surface area (Å²) < 4.78 is 0. The summed E-state index contributed by atoms with van der Waals surface area (Å²) in [5.41, 5.74) is 2.25. The number of anilines is 1. The number of fused-ring (bicyclic) bond motifs is 1. The average molecular weight is 275 g/mol. The Morgan fingerprint density at radius 1 is 1.25 bits per heavy atom. The summed E-state index contributed by atoms with van der Waals surface area (Å²) >= 11 is 0. The molecule has 1 aliphatic rings. The molecule has 1 aromatic rings. The van der Waals surface area contributed by atoms with E-state index in [1.165, 1.54) is 5.56 Å². The van der Waals surface area contributed by atoms with Gasteiger partial charge in [0.05, 0.1) is 0 Å². The van der Waals surface area contributed by atoms with Crippen LogP contribution in [-0.2, 0) is 16.0 Å². The molecule has 4 heteroatoms. The second-order valence-corrected chi connectivity index (χ2v) is 5.38. The first-order valence-electron chi connectivity index (χ1n) is 7.21. The summed E-state index contributed by atoms with van der Waals surface area (Å²) in [4.78, 5) is 24.7. The lowest BCUT2D eigenvalue weighted by Crippen LogP contribution is -2.42. The van der Waals surface area contributed by atoms with Gasteiger partial charge in [0.15, 0.2) is 0 Å². The van der Waals surface area contributed by atoms with Crippen molar-refractivity contribution < 1.29 is 14.7 Å². The van der Waals surface area contributed by atoms with Crippen LogP contribution in [0.4, 0.5) is 5.69 Å². The normalized spacial score (nSPS) is 17.6. The second-order valence-electron chi connectivity index (χ2n) is 5.38. The fourth-order valence-electron chi connectivity index (χ4n) is 2.74. The zero-order valence-corrected chi connectivity index (χ0v) is 11.8. The minimum absolute atomic E-state index is 0.107. The second kappa shape index (κ2) is 6.55. The van der Waals surface area contributed by atoms with Crippen molar-refractivity contribution in [1.29, 1.82) is 0 Å². The first-order chi connectivity index (χ1) is 9.59. The van der Waals surface area contributed by atoms with Crippen LogP contribution in [0.5, 0.6) is 0 Å². The van der Waals surface area contributed by atoms with E-state index in [1.54, 1.807) is 0 Å². The quantitative estimate of drug-likeness (QED) is 0.840. The summed E-state index contributed by atoms with van der Waals surface area (Å²) in [6, 6.07) is 8.26. The Kier molecular flexibility index (Phi) is 4.77. The number of carbonyl (C=O) groups excluding carboxylic acids is 1. The van der Waals surface area contributed by atoms with Crippen LogP contribution in [0.2, 0.25) is 0 Å². The van der Waals surface area contributed by atoms with E-state index in [-0.39, 0.29) is 18.4 Å².